The second-order valence-corrected chi connectivity index (χ2v) is 7.37. The van der Waals surface area contributed by atoms with Crippen LogP contribution in [0.2, 0.25) is 0 Å². The second-order valence-electron chi connectivity index (χ2n) is 7.37. The fraction of sp³-hybridized carbons (Fsp3) is 0.227. The van der Waals surface area contributed by atoms with E-state index in [2.05, 4.69) is 15.3 Å². The Balaban J connectivity index is 1.56. The number of benzene rings is 1. The average molecular weight is 450 g/mol. The van der Waals surface area contributed by atoms with Crippen LogP contribution in [0.5, 0.6) is 11.8 Å². The third-order valence-corrected chi connectivity index (χ3v) is 4.90. The Hall–Kier alpha value is -4.46. The number of imidazole rings is 1. The molecule has 1 aliphatic rings. The third kappa shape index (κ3) is 4.45. The number of nitriles is 1. The van der Waals surface area contributed by atoms with Crippen LogP contribution in [0.15, 0.2) is 36.8 Å². The van der Waals surface area contributed by atoms with Crippen molar-refractivity contribution in [1.29, 1.82) is 5.26 Å². The van der Waals surface area contributed by atoms with Crippen molar-refractivity contribution < 1.29 is 23.5 Å². The van der Waals surface area contributed by atoms with Crippen molar-refractivity contribution in [3.05, 3.63) is 65.0 Å². The summed E-state index contributed by atoms with van der Waals surface area (Å²) >= 11 is 0. The lowest BCUT2D eigenvalue weighted by molar-refractivity contribution is 0.104. The van der Waals surface area contributed by atoms with Crippen LogP contribution in [0.1, 0.15) is 27.2 Å². The van der Waals surface area contributed by atoms with Crippen LogP contribution < -0.4 is 14.8 Å². The number of ketones is 1. The zero-order chi connectivity index (χ0) is 23.5. The average Bonchev–Trinajstić information content (AvgIpc) is 3.44. The molecular formula is C22H19FN6O4. The van der Waals surface area contributed by atoms with Gasteiger partial charge in [0, 0.05) is 56.7 Å². The molecular weight excluding hydrogens is 431 g/mol. The molecule has 168 valence electrons. The van der Waals surface area contributed by atoms with Gasteiger partial charge in [-0.1, -0.05) is 0 Å². The molecule has 0 saturated carbocycles. The van der Waals surface area contributed by atoms with Crippen molar-refractivity contribution in [2.45, 2.75) is 13.0 Å². The SMILES string of the molecule is CN(C)/C=C/C(=O)c1cnc(OC(=O)NCc2c(F)ccc3c2CCO3)n2cc(C#N)nc12. The number of nitrogens with one attached hydrogen (secondary N) is 1. The van der Waals surface area contributed by atoms with Gasteiger partial charge < -0.3 is 19.7 Å². The molecule has 0 bridgehead atoms. The molecule has 3 heterocycles. The van der Waals surface area contributed by atoms with E-state index in [1.807, 2.05) is 6.07 Å². The van der Waals surface area contributed by atoms with Gasteiger partial charge in [0.2, 0.25) is 0 Å². The minimum atomic E-state index is -0.890. The largest absolute Gasteiger partial charge is 0.493 e. The van der Waals surface area contributed by atoms with Gasteiger partial charge in [-0.15, -0.1) is 0 Å². The van der Waals surface area contributed by atoms with Gasteiger partial charge in [-0.25, -0.2) is 19.2 Å². The fourth-order valence-corrected chi connectivity index (χ4v) is 3.35. The van der Waals surface area contributed by atoms with E-state index in [-0.39, 0.29) is 35.2 Å². The standard InChI is InChI=1S/C22H19FN6O4/c1-28(2)7-5-18(30)16-11-25-21(29-12-13(9-24)27-20(16)29)33-22(31)26-10-15-14-6-8-32-19(14)4-3-17(15)23/h3-5,7,11-12H,6,8,10H2,1-2H3,(H,26,31)/b7-5+. The number of nitrogens with zero attached hydrogens (tertiary/aromatic N) is 5. The first-order chi connectivity index (χ1) is 15.9. The molecule has 1 N–H and O–H groups in total. The summed E-state index contributed by atoms with van der Waals surface area (Å²) in [7, 11) is 3.53. The summed E-state index contributed by atoms with van der Waals surface area (Å²) in [6.45, 7) is 0.342. The zero-order valence-electron chi connectivity index (χ0n) is 17.8. The minimum absolute atomic E-state index is 0.0146. The molecule has 11 heteroatoms. The first-order valence-corrected chi connectivity index (χ1v) is 9.93. The highest BCUT2D eigenvalue weighted by molar-refractivity contribution is 6.08. The van der Waals surface area contributed by atoms with E-state index in [1.165, 1.54) is 28.9 Å². The molecule has 0 unspecified atom stereocenters. The minimum Gasteiger partial charge on any atom is -0.493 e. The van der Waals surface area contributed by atoms with E-state index in [9.17, 15) is 19.2 Å². The summed E-state index contributed by atoms with van der Waals surface area (Å²) in [6.07, 6.45) is 5.08. The molecule has 1 amide bonds. The van der Waals surface area contributed by atoms with Crippen LogP contribution in [-0.4, -0.2) is 51.8 Å². The maximum atomic E-state index is 14.3. The number of ether oxygens (including phenoxy) is 2. The zero-order valence-corrected chi connectivity index (χ0v) is 17.8. The highest BCUT2D eigenvalue weighted by atomic mass is 19.1. The fourth-order valence-electron chi connectivity index (χ4n) is 3.35. The molecule has 0 aliphatic carbocycles. The summed E-state index contributed by atoms with van der Waals surface area (Å²) in [5.74, 6) is -0.249. The normalized spacial score (nSPS) is 12.3. The Labute approximate surface area is 187 Å². The van der Waals surface area contributed by atoms with E-state index in [0.717, 1.165) is 0 Å². The molecule has 2 aromatic heterocycles. The number of halogens is 1. The number of hydrogen-bond acceptors (Lipinski definition) is 8. The second kappa shape index (κ2) is 8.96. The number of fused-ring (bicyclic) bond motifs is 2. The van der Waals surface area contributed by atoms with Crippen LogP contribution in [0.4, 0.5) is 9.18 Å². The summed E-state index contributed by atoms with van der Waals surface area (Å²) in [4.78, 5) is 34.8. The van der Waals surface area contributed by atoms with Crippen molar-refractivity contribution in [2.24, 2.45) is 0 Å². The number of aromatic nitrogens is 3. The van der Waals surface area contributed by atoms with Gasteiger partial charge in [0.15, 0.2) is 17.1 Å². The van der Waals surface area contributed by atoms with Crippen LogP contribution in [0.25, 0.3) is 5.65 Å². The van der Waals surface area contributed by atoms with E-state index in [0.29, 0.717) is 29.9 Å². The van der Waals surface area contributed by atoms with Gasteiger partial charge in [-0.05, 0) is 12.1 Å². The molecule has 0 spiro atoms. The summed E-state index contributed by atoms with van der Waals surface area (Å²) < 4.78 is 26.2. The monoisotopic (exact) mass is 450 g/mol. The smallest absolute Gasteiger partial charge is 0.415 e. The lowest BCUT2D eigenvalue weighted by atomic mass is 10.0. The van der Waals surface area contributed by atoms with Gasteiger partial charge in [-0.2, -0.15) is 5.26 Å². The number of carbonyl (C=O) groups excluding carboxylic acids is 2. The number of allylic oxidation sites excluding steroid dienone is 1. The molecule has 33 heavy (non-hydrogen) atoms. The summed E-state index contributed by atoms with van der Waals surface area (Å²) in [5, 5.41) is 11.7. The maximum Gasteiger partial charge on any atom is 0.415 e. The topological polar surface area (TPSA) is 122 Å². The molecule has 1 aliphatic heterocycles. The van der Waals surface area contributed by atoms with Crippen molar-refractivity contribution in [3.8, 4) is 17.8 Å². The van der Waals surface area contributed by atoms with E-state index >= 15 is 0 Å². The molecule has 0 atom stereocenters. The van der Waals surface area contributed by atoms with Crippen LogP contribution >= 0.6 is 0 Å². The summed E-state index contributed by atoms with van der Waals surface area (Å²) in [6, 6.07) is 4.52. The lowest BCUT2D eigenvalue weighted by Gasteiger charge is -2.11. The molecule has 0 fully saturated rings. The van der Waals surface area contributed by atoms with Gasteiger partial charge in [-0.3, -0.25) is 9.20 Å². The maximum absolute atomic E-state index is 14.3. The summed E-state index contributed by atoms with van der Waals surface area (Å²) in [5.41, 5.74) is 1.28. The van der Waals surface area contributed by atoms with Crippen LogP contribution in [-0.2, 0) is 13.0 Å². The number of carbonyl (C=O) groups is 2. The van der Waals surface area contributed by atoms with Crippen LogP contribution in [0, 0.1) is 17.1 Å². The Morgan fingerprint density at radius 3 is 3.00 bits per heavy atom. The van der Waals surface area contributed by atoms with E-state index in [1.54, 1.807) is 31.3 Å². The van der Waals surface area contributed by atoms with Gasteiger partial charge >= 0.3 is 12.1 Å². The van der Waals surface area contributed by atoms with Crippen molar-refractivity contribution in [3.63, 3.8) is 0 Å². The number of rotatable bonds is 6. The highest BCUT2D eigenvalue weighted by Gasteiger charge is 2.21. The molecule has 3 aromatic rings. The van der Waals surface area contributed by atoms with Crippen molar-refractivity contribution in [1.82, 2.24) is 24.6 Å². The lowest BCUT2D eigenvalue weighted by Crippen LogP contribution is -2.28. The van der Waals surface area contributed by atoms with Crippen molar-refractivity contribution >= 4 is 17.5 Å². The Morgan fingerprint density at radius 2 is 2.24 bits per heavy atom. The highest BCUT2D eigenvalue weighted by Crippen LogP contribution is 2.30. The predicted molar refractivity (Wildman–Crippen MR) is 113 cm³/mol. The Bertz CT molecular complexity index is 1320. The van der Waals surface area contributed by atoms with E-state index < -0.39 is 11.9 Å². The number of amides is 1. The molecule has 0 saturated heterocycles. The quantitative estimate of drug-likeness (QED) is 0.448. The van der Waals surface area contributed by atoms with Crippen molar-refractivity contribution in [2.75, 3.05) is 20.7 Å². The first kappa shape index (κ1) is 21.8. The Morgan fingerprint density at radius 1 is 1.42 bits per heavy atom. The van der Waals surface area contributed by atoms with Gasteiger partial charge in [0.25, 0.3) is 0 Å². The first-order valence-electron chi connectivity index (χ1n) is 9.93. The predicted octanol–water partition coefficient (Wildman–Crippen LogP) is 2.22. The molecule has 10 nitrogen and oxygen atoms in total. The molecule has 1 aromatic carbocycles. The number of hydrogen-bond donors (Lipinski definition) is 1. The molecule has 0 radical (unpaired) electrons. The molecule has 4 rings (SSSR count). The van der Waals surface area contributed by atoms with Gasteiger partial charge in [0.1, 0.15) is 17.6 Å². The van der Waals surface area contributed by atoms with Gasteiger partial charge in [0.05, 0.1) is 18.4 Å². The van der Waals surface area contributed by atoms with Crippen LogP contribution in [0.3, 0.4) is 0 Å². The Kier molecular flexibility index (Phi) is 5.91. The van der Waals surface area contributed by atoms with E-state index in [4.69, 9.17) is 9.47 Å². The third-order valence-electron chi connectivity index (χ3n) is 4.90.